The van der Waals surface area contributed by atoms with Crippen molar-refractivity contribution in [1.29, 1.82) is 0 Å². The molecule has 2 saturated heterocycles. The number of phenols is 1. The molecule has 6 rings (SSSR count). The number of allylic oxidation sites excluding steroid dienone is 2. The molecular formula is C31H23Cl2F5N2O9. The van der Waals surface area contributed by atoms with E-state index in [0.29, 0.717) is 0 Å². The van der Waals surface area contributed by atoms with E-state index >= 15 is 8.78 Å². The number of carbonyl (C=O) groups is 5. The molecule has 6 atom stereocenters. The van der Waals surface area contributed by atoms with E-state index in [1.54, 1.807) is 0 Å². The molecule has 2 heterocycles. The number of carboxylic acids is 1. The van der Waals surface area contributed by atoms with Gasteiger partial charge in [-0.3, -0.25) is 28.9 Å². The first kappa shape index (κ1) is 34.4. The summed E-state index contributed by atoms with van der Waals surface area (Å²) in [5.41, 5.74) is -2.21. The third-order valence-electron chi connectivity index (χ3n) is 9.70. The first-order valence-electron chi connectivity index (χ1n) is 14.5. The molecule has 0 bridgehead atoms. The minimum absolute atomic E-state index is 0.0337. The maximum absolute atomic E-state index is 15.2. The van der Waals surface area contributed by atoms with Gasteiger partial charge in [-0.05, 0) is 18.8 Å². The number of methoxy groups -OCH3 is 2. The number of nitrogens with zero attached hydrogens (tertiary/aromatic N) is 2. The molecule has 1 saturated carbocycles. The Morgan fingerprint density at radius 3 is 2.10 bits per heavy atom. The molecule has 2 aliphatic heterocycles. The second-order valence-electron chi connectivity index (χ2n) is 11.9. The first-order valence-corrected chi connectivity index (χ1v) is 15.2. The van der Waals surface area contributed by atoms with Crippen LogP contribution in [0.2, 0.25) is 0 Å². The molecule has 4 amide bonds. The summed E-state index contributed by atoms with van der Waals surface area (Å²) in [5.74, 6) is -25.2. The molecule has 0 aromatic heterocycles. The highest BCUT2D eigenvalue weighted by atomic mass is 35.5. The number of aromatic hydroxyl groups is 1. The van der Waals surface area contributed by atoms with Crippen molar-refractivity contribution in [2.45, 2.75) is 34.9 Å². The van der Waals surface area contributed by atoms with Crippen molar-refractivity contribution in [2.24, 2.45) is 17.8 Å². The number of fused-ring (bicyclic) bond motifs is 4. The van der Waals surface area contributed by atoms with E-state index in [2.05, 4.69) is 0 Å². The van der Waals surface area contributed by atoms with Gasteiger partial charge in [0.1, 0.15) is 22.9 Å². The molecule has 2 aromatic carbocycles. The van der Waals surface area contributed by atoms with E-state index in [1.807, 2.05) is 0 Å². The highest BCUT2D eigenvalue weighted by Crippen LogP contribution is 2.67. The van der Waals surface area contributed by atoms with Crippen molar-refractivity contribution in [3.05, 3.63) is 58.4 Å². The van der Waals surface area contributed by atoms with Crippen LogP contribution in [0.25, 0.3) is 0 Å². The molecule has 11 nitrogen and oxygen atoms in total. The number of carboxylic acid groups (broad SMARTS) is 1. The number of halogens is 7. The van der Waals surface area contributed by atoms with Crippen molar-refractivity contribution >= 4 is 58.5 Å². The van der Waals surface area contributed by atoms with Gasteiger partial charge >= 0.3 is 5.97 Å². The summed E-state index contributed by atoms with van der Waals surface area (Å²) in [5, 5.41) is 20.5. The van der Waals surface area contributed by atoms with Crippen LogP contribution < -0.4 is 14.4 Å². The zero-order valence-corrected chi connectivity index (χ0v) is 26.7. The second-order valence-corrected chi connectivity index (χ2v) is 13.2. The van der Waals surface area contributed by atoms with E-state index < -0.39 is 123 Å². The zero-order valence-electron chi connectivity index (χ0n) is 25.2. The lowest BCUT2D eigenvalue weighted by Gasteiger charge is -2.50. The Bertz CT molecular complexity index is 1900. The molecule has 0 radical (unpaired) electrons. The summed E-state index contributed by atoms with van der Waals surface area (Å²) in [6.07, 6.45) is -0.115. The Balaban J connectivity index is 1.61. The molecule has 2 N–H and O–H groups in total. The Hall–Kier alpha value is -4.44. The fourth-order valence-electron chi connectivity index (χ4n) is 7.54. The van der Waals surface area contributed by atoms with Crippen LogP contribution in [0.1, 0.15) is 30.7 Å². The number of rotatable bonds is 7. The van der Waals surface area contributed by atoms with Gasteiger partial charge in [0.25, 0.3) is 11.8 Å². The average molecular weight is 733 g/mol. The predicted octanol–water partition coefficient (Wildman–Crippen LogP) is 4.14. The molecule has 18 heteroatoms. The number of ether oxygens (including phenoxy) is 2. The quantitative estimate of drug-likeness (QED) is 0.107. The van der Waals surface area contributed by atoms with Crippen LogP contribution in [-0.4, -0.2) is 75.2 Å². The zero-order chi connectivity index (χ0) is 36.1. The highest BCUT2D eigenvalue weighted by Gasteiger charge is 2.77. The highest BCUT2D eigenvalue weighted by molar-refractivity contribution is 6.58. The number of phenolic OH excluding ortho intramolecular Hbond substituents is 1. The minimum Gasteiger partial charge on any atom is -0.507 e. The van der Waals surface area contributed by atoms with E-state index in [1.165, 1.54) is 19.3 Å². The maximum atomic E-state index is 15.2. The number of anilines is 1. The summed E-state index contributed by atoms with van der Waals surface area (Å²) in [7, 11) is 2.40. The lowest BCUT2D eigenvalue weighted by atomic mass is 9.56. The number of hydrogen-bond acceptors (Lipinski definition) is 8. The van der Waals surface area contributed by atoms with Crippen molar-refractivity contribution in [2.75, 3.05) is 25.7 Å². The molecule has 49 heavy (non-hydrogen) atoms. The van der Waals surface area contributed by atoms with E-state index in [-0.39, 0.29) is 34.0 Å². The number of amides is 4. The van der Waals surface area contributed by atoms with E-state index in [4.69, 9.17) is 37.8 Å². The van der Waals surface area contributed by atoms with E-state index in [0.717, 1.165) is 18.1 Å². The Kier molecular flexibility index (Phi) is 8.13. The lowest BCUT2D eigenvalue weighted by molar-refractivity contribution is -0.142. The molecule has 0 unspecified atom stereocenters. The van der Waals surface area contributed by atoms with Crippen molar-refractivity contribution in [3.8, 4) is 17.2 Å². The number of imide groups is 2. The largest absolute Gasteiger partial charge is 0.507 e. The van der Waals surface area contributed by atoms with Gasteiger partial charge in [0.2, 0.25) is 17.6 Å². The Morgan fingerprint density at radius 2 is 1.53 bits per heavy atom. The van der Waals surface area contributed by atoms with Crippen LogP contribution in [-0.2, 0) is 24.0 Å². The minimum atomic E-state index is -2.89. The van der Waals surface area contributed by atoms with Crippen LogP contribution in [0.15, 0.2) is 23.8 Å². The SMILES string of the molecule is COc1cc(O)c([C@H]2C3=CC[C@@H]4C(=O)N(CCC(=O)O)C(=O)[C@@H]4[C@@H]3C[C@@]3(Cl)C(=O)N(c4c(F)c(F)c(F)c(F)c4F)C(=O)[C@@]23Cl)c(OC)c1. The van der Waals surface area contributed by atoms with Gasteiger partial charge in [-0.15, -0.1) is 23.2 Å². The first-order chi connectivity index (χ1) is 23.0. The monoisotopic (exact) mass is 732 g/mol. The molecule has 260 valence electrons. The number of benzene rings is 2. The van der Waals surface area contributed by atoms with Crippen LogP contribution in [0.4, 0.5) is 27.6 Å². The maximum Gasteiger partial charge on any atom is 0.305 e. The van der Waals surface area contributed by atoms with Crippen LogP contribution >= 0.6 is 23.2 Å². The number of carbonyl (C=O) groups excluding carboxylic acids is 4. The normalized spacial score (nSPS) is 29.1. The average Bonchev–Trinajstić information content (AvgIpc) is 3.39. The summed E-state index contributed by atoms with van der Waals surface area (Å²) >= 11 is 14.1. The van der Waals surface area contributed by atoms with Gasteiger partial charge in [0.15, 0.2) is 33.0 Å². The van der Waals surface area contributed by atoms with Gasteiger partial charge in [0.05, 0.1) is 32.5 Å². The van der Waals surface area contributed by atoms with Crippen LogP contribution in [0, 0.1) is 46.8 Å². The summed E-state index contributed by atoms with van der Waals surface area (Å²) < 4.78 is 83.8. The fourth-order valence-corrected chi connectivity index (χ4v) is 8.46. The van der Waals surface area contributed by atoms with Gasteiger partial charge in [0, 0.05) is 30.2 Å². The second kappa shape index (κ2) is 11.6. The number of alkyl halides is 2. The third-order valence-corrected chi connectivity index (χ3v) is 11.1. The molecule has 0 spiro atoms. The predicted molar refractivity (Wildman–Crippen MR) is 157 cm³/mol. The molecule has 2 aromatic rings. The lowest BCUT2D eigenvalue weighted by Crippen LogP contribution is -2.60. The van der Waals surface area contributed by atoms with Gasteiger partial charge < -0.3 is 19.7 Å². The summed E-state index contributed by atoms with van der Waals surface area (Å²) in [4.78, 5) is 61.6. The van der Waals surface area contributed by atoms with Crippen LogP contribution in [0.3, 0.4) is 0 Å². The van der Waals surface area contributed by atoms with Crippen molar-refractivity contribution in [1.82, 2.24) is 4.90 Å². The molecular weight excluding hydrogens is 710 g/mol. The smallest absolute Gasteiger partial charge is 0.305 e. The van der Waals surface area contributed by atoms with Gasteiger partial charge in [-0.2, -0.15) is 0 Å². The van der Waals surface area contributed by atoms with Gasteiger partial charge in [-0.1, -0.05) is 11.6 Å². The third kappa shape index (κ3) is 4.48. The Morgan fingerprint density at radius 1 is 0.918 bits per heavy atom. The summed E-state index contributed by atoms with van der Waals surface area (Å²) in [6.45, 7) is -0.491. The Labute approximate surface area is 282 Å². The molecule has 3 fully saturated rings. The molecule has 4 aliphatic rings. The van der Waals surface area contributed by atoms with Crippen molar-refractivity contribution in [3.63, 3.8) is 0 Å². The number of likely N-dealkylation sites (tertiary alicyclic amines) is 1. The summed E-state index contributed by atoms with van der Waals surface area (Å²) in [6, 6.07) is 2.33. The van der Waals surface area contributed by atoms with E-state index in [9.17, 15) is 42.3 Å². The number of hydrogen-bond donors (Lipinski definition) is 2. The standard InChI is InChI=1S/C31H23Cl2F5N2O9/c1-48-10-7-14(41)18(15(8-10)49-2)19-11-3-4-12-17(27(45)39(26(12)44)6-5-16(42)43)13(11)9-30(32)28(46)40(29(47)31(19,30)33)25-23(37)21(35)20(34)22(36)24(25)38/h3,7-8,12-13,17,19,41H,4-6,9H2,1-2H3,(H,42,43)/t12-,13+,17-,19+,30+,31-/m0/s1. The van der Waals surface area contributed by atoms with Crippen LogP contribution in [0.5, 0.6) is 17.2 Å². The van der Waals surface area contributed by atoms with Gasteiger partial charge in [-0.25, -0.2) is 26.9 Å². The fraction of sp³-hybridized carbons (Fsp3) is 0.387. The topological polar surface area (TPSA) is 151 Å². The number of aliphatic carboxylic acids is 1. The van der Waals surface area contributed by atoms with Crippen molar-refractivity contribution < 1.29 is 65.6 Å². The molecule has 2 aliphatic carbocycles.